The summed E-state index contributed by atoms with van der Waals surface area (Å²) in [4.78, 5) is 27.3. The Hall–Kier alpha value is -3.46. The van der Waals surface area contributed by atoms with Crippen molar-refractivity contribution < 1.29 is 14.3 Å². The first-order chi connectivity index (χ1) is 15.4. The predicted octanol–water partition coefficient (Wildman–Crippen LogP) is 5.86. The Kier molecular flexibility index (Phi) is 4.67. The van der Waals surface area contributed by atoms with Crippen LogP contribution in [0.25, 0.3) is 11.1 Å². The average molecular weight is 423 g/mol. The van der Waals surface area contributed by atoms with E-state index in [1.165, 1.54) is 0 Å². The second kappa shape index (κ2) is 7.30. The summed E-state index contributed by atoms with van der Waals surface area (Å²) in [7, 11) is 0. The van der Waals surface area contributed by atoms with Gasteiger partial charge < -0.3 is 4.74 Å². The average Bonchev–Trinajstić information content (AvgIpc) is 3.09. The summed E-state index contributed by atoms with van der Waals surface area (Å²) >= 11 is 0. The third kappa shape index (κ3) is 2.67. The molecule has 0 heterocycles. The number of ketones is 2. The first-order valence-corrected chi connectivity index (χ1v) is 11.0. The van der Waals surface area contributed by atoms with Gasteiger partial charge in [-0.3, -0.25) is 9.59 Å². The van der Waals surface area contributed by atoms with Gasteiger partial charge in [0, 0.05) is 0 Å². The standard InChI is InChI=1S/C29H26O3/c1-19(30)23-26(32-22-17-11-6-12-18-22)29(3)25(21-15-9-5-10-16-21)24(28(23,2)27(29)31)20-13-7-4-8-14-20/h4-18,23,26H,1-3H3. The zero-order chi connectivity index (χ0) is 22.5. The Morgan fingerprint density at radius 2 is 1.16 bits per heavy atom. The number of rotatable bonds is 5. The molecule has 3 heteroatoms. The highest BCUT2D eigenvalue weighted by Crippen LogP contribution is 2.69. The third-order valence-electron chi connectivity index (χ3n) is 7.29. The highest BCUT2D eigenvalue weighted by molar-refractivity contribution is 6.25. The first-order valence-electron chi connectivity index (χ1n) is 11.0. The van der Waals surface area contributed by atoms with E-state index in [1.807, 2.05) is 105 Å². The molecule has 4 atom stereocenters. The van der Waals surface area contributed by atoms with Gasteiger partial charge in [-0.15, -0.1) is 0 Å². The molecular weight excluding hydrogens is 396 g/mol. The molecule has 2 aliphatic rings. The van der Waals surface area contributed by atoms with Gasteiger partial charge >= 0.3 is 0 Å². The number of fused-ring (bicyclic) bond motifs is 2. The van der Waals surface area contributed by atoms with Gasteiger partial charge in [-0.05, 0) is 55.2 Å². The van der Waals surface area contributed by atoms with Gasteiger partial charge in [-0.1, -0.05) is 78.9 Å². The summed E-state index contributed by atoms with van der Waals surface area (Å²) in [5.41, 5.74) is 1.98. The maximum Gasteiger partial charge on any atom is 0.158 e. The van der Waals surface area contributed by atoms with Gasteiger partial charge in [-0.25, -0.2) is 0 Å². The van der Waals surface area contributed by atoms with Crippen molar-refractivity contribution in [1.29, 1.82) is 0 Å². The van der Waals surface area contributed by atoms with Gasteiger partial charge in [-0.2, -0.15) is 0 Å². The highest BCUT2D eigenvalue weighted by atomic mass is 16.5. The number of Topliss-reactive ketones (excluding diaryl/α,β-unsaturated/α-hetero) is 2. The number of carbonyl (C=O) groups excluding carboxylic acids is 2. The lowest BCUT2D eigenvalue weighted by Crippen LogP contribution is -2.45. The predicted molar refractivity (Wildman–Crippen MR) is 126 cm³/mol. The molecule has 5 rings (SSSR count). The molecule has 3 nitrogen and oxygen atoms in total. The molecule has 0 spiro atoms. The monoisotopic (exact) mass is 422 g/mol. The normalized spacial score (nSPS) is 28.8. The summed E-state index contributed by atoms with van der Waals surface area (Å²) in [5.74, 6) is 0.139. The molecule has 0 aliphatic heterocycles. The van der Waals surface area contributed by atoms with Crippen molar-refractivity contribution in [3.8, 4) is 5.75 Å². The van der Waals surface area contributed by atoms with Gasteiger partial charge in [0.25, 0.3) is 0 Å². The minimum Gasteiger partial charge on any atom is -0.488 e. The van der Waals surface area contributed by atoms with Crippen molar-refractivity contribution in [2.45, 2.75) is 26.9 Å². The van der Waals surface area contributed by atoms with Gasteiger partial charge in [0.1, 0.15) is 17.6 Å². The fraction of sp³-hybridized carbons (Fsp3) is 0.241. The molecule has 2 bridgehead atoms. The van der Waals surface area contributed by atoms with Crippen LogP contribution in [0.15, 0.2) is 91.0 Å². The number of allylic oxidation sites excluding steroid dienone is 1. The number of benzene rings is 3. The lowest BCUT2D eigenvalue weighted by Gasteiger charge is -2.40. The second-order valence-corrected chi connectivity index (χ2v) is 9.16. The van der Waals surface area contributed by atoms with Crippen LogP contribution in [0.2, 0.25) is 0 Å². The van der Waals surface area contributed by atoms with Crippen LogP contribution in [0.4, 0.5) is 0 Å². The Morgan fingerprint density at radius 1 is 0.719 bits per heavy atom. The molecule has 4 unspecified atom stereocenters. The Balaban J connectivity index is 1.81. The van der Waals surface area contributed by atoms with Crippen LogP contribution in [-0.4, -0.2) is 17.7 Å². The summed E-state index contributed by atoms with van der Waals surface area (Å²) < 4.78 is 6.48. The first kappa shape index (κ1) is 20.4. The zero-order valence-electron chi connectivity index (χ0n) is 18.5. The number of ether oxygens (including phenoxy) is 1. The maximum atomic E-state index is 14.2. The Bertz CT molecular complexity index is 1210. The fourth-order valence-corrected chi connectivity index (χ4v) is 6.04. The molecule has 160 valence electrons. The smallest absolute Gasteiger partial charge is 0.158 e. The fourth-order valence-electron chi connectivity index (χ4n) is 6.04. The van der Waals surface area contributed by atoms with E-state index in [9.17, 15) is 9.59 Å². The van der Waals surface area contributed by atoms with E-state index in [0.29, 0.717) is 5.75 Å². The van der Waals surface area contributed by atoms with Crippen LogP contribution < -0.4 is 4.74 Å². The quantitative estimate of drug-likeness (QED) is 0.517. The van der Waals surface area contributed by atoms with Crippen LogP contribution in [0.5, 0.6) is 5.75 Å². The third-order valence-corrected chi connectivity index (χ3v) is 7.29. The topological polar surface area (TPSA) is 43.4 Å². The summed E-state index contributed by atoms with van der Waals surface area (Å²) in [6.07, 6.45) is -0.581. The number of hydrogen-bond acceptors (Lipinski definition) is 3. The van der Waals surface area contributed by atoms with E-state index >= 15 is 0 Å². The molecule has 1 fully saturated rings. The lowest BCUT2D eigenvalue weighted by molar-refractivity contribution is -0.130. The molecule has 0 radical (unpaired) electrons. The molecule has 3 aromatic carbocycles. The molecule has 2 aliphatic carbocycles. The molecule has 1 saturated carbocycles. The van der Waals surface area contributed by atoms with E-state index in [0.717, 1.165) is 22.3 Å². The highest BCUT2D eigenvalue weighted by Gasteiger charge is 2.74. The van der Waals surface area contributed by atoms with Crippen molar-refractivity contribution in [3.63, 3.8) is 0 Å². The van der Waals surface area contributed by atoms with Crippen LogP contribution in [-0.2, 0) is 9.59 Å². The minimum atomic E-state index is -0.966. The molecule has 0 saturated heterocycles. The van der Waals surface area contributed by atoms with Crippen LogP contribution in [0.3, 0.4) is 0 Å². The number of hydrogen-bond donors (Lipinski definition) is 0. The van der Waals surface area contributed by atoms with Gasteiger partial charge in [0.05, 0.1) is 16.7 Å². The van der Waals surface area contributed by atoms with Crippen molar-refractivity contribution in [1.82, 2.24) is 0 Å². The van der Waals surface area contributed by atoms with E-state index in [2.05, 4.69) is 0 Å². The van der Waals surface area contributed by atoms with Gasteiger partial charge in [0.2, 0.25) is 0 Å². The van der Waals surface area contributed by atoms with Crippen LogP contribution >= 0.6 is 0 Å². The Labute approximate surface area is 188 Å². The van der Waals surface area contributed by atoms with E-state index < -0.39 is 22.9 Å². The molecule has 32 heavy (non-hydrogen) atoms. The molecular formula is C29H26O3. The number of carbonyl (C=O) groups is 2. The van der Waals surface area contributed by atoms with E-state index in [1.54, 1.807) is 6.92 Å². The van der Waals surface area contributed by atoms with E-state index in [4.69, 9.17) is 4.74 Å². The van der Waals surface area contributed by atoms with Crippen LogP contribution in [0.1, 0.15) is 31.9 Å². The van der Waals surface area contributed by atoms with E-state index in [-0.39, 0.29) is 11.6 Å². The van der Waals surface area contributed by atoms with Crippen molar-refractivity contribution in [2.24, 2.45) is 16.7 Å². The summed E-state index contributed by atoms with van der Waals surface area (Å²) in [6, 6.07) is 29.5. The Morgan fingerprint density at radius 3 is 1.62 bits per heavy atom. The number of para-hydroxylation sites is 1. The van der Waals surface area contributed by atoms with Crippen molar-refractivity contribution in [2.75, 3.05) is 0 Å². The maximum absolute atomic E-state index is 14.2. The van der Waals surface area contributed by atoms with Gasteiger partial charge in [0.15, 0.2) is 5.78 Å². The summed E-state index contributed by atoms with van der Waals surface area (Å²) in [6.45, 7) is 5.48. The lowest BCUT2D eigenvalue weighted by atomic mass is 9.65. The minimum absolute atomic E-state index is 0.0222. The SMILES string of the molecule is CC(=O)C1C(Oc2ccccc2)C2(C)C(=O)C1(C)C(c1ccccc1)=C2c1ccccc1. The zero-order valence-corrected chi connectivity index (χ0v) is 18.5. The van der Waals surface area contributed by atoms with Crippen molar-refractivity contribution in [3.05, 3.63) is 102 Å². The molecule has 0 amide bonds. The summed E-state index contributed by atoms with van der Waals surface area (Å²) in [5, 5.41) is 0. The molecule has 0 N–H and O–H groups in total. The molecule has 3 aromatic rings. The molecule has 0 aromatic heterocycles. The largest absolute Gasteiger partial charge is 0.488 e. The van der Waals surface area contributed by atoms with Crippen molar-refractivity contribution >= 4 is 22.7 Å². The second-order valence-electron chi connectivity index (χ2n) is 9.16. The van der Waals surface area contributed by atoms with Crippen LogP contribution in [0, 0.1) is 16.7 Å².